The summed E-state index contributed by atoms with van der Waals surface area (Å²) < 4.78 is 5.56. The number of aryl methyl sites for hydroxylation is 1. The molecule has 9 nitrogen and oxygen atoms in total. The van der Waals surface area contributed by atoms with Gasteiger partial charge in [0, 0.05) is 61.3 Å². The van der Waals surface area contributed by atoms with Gasteiger partial charge in [-0.3, -0.25) is 9.59 Å². The molecule has 0 radical (unpaired) electrons. The summed E-state index contributed by atoms with van der Waals surface area (Å²) in [5, 5.41) is 23.2. The van der Waals surface area contributed by atoms with Crippen LogP contribution in [0.15, 0.2) is 70.6 Å². The van der Waals surface area contributed by atoms with E-state index in [9.17, 15) is 19.8 Å². The van der Waals surface area contributed by atoms with Crippen molar-refractivity contribution in [1.82, 2.24) is 15.2 Å². The highest BCUT2D eigenvalue weighted by molar-refractivity contribution is 6.19. The lowest BCUT2D eigenvalue weighted by Crippen LogP contribution is -2.38. The number of amides is 1. The Morgan fingerprint density at radius 1 is 1.22 bits per heavy atom. The number of alkyl halides is 1. The molecule has 10 heteroatoms. The molecule has 0 spiro atoms. The highest BCUT2D eigenvalue weighted by atomic mass is 35.5. The molecule has 1 amide bonds. The molecule has 188 valence electrons. The maximum atomic E-state index is 13.6. The molecule has 0 saturated carbocycles. The van der Waals surface area contributed by atoms with Crippen LogP contribution in [0.2, 0.25) is 0 Å². The van der Waals surface area contributed by atoms with Gasteiger partial charge in [0.25, 0.3) is 5.91 Å². The van der Waals surface area contributed by atoms with E-state index in [2.05, 4.69) is 10.3 Å². The number of Topliss-reactive ketones (excluding diaryl/α,β-unsaturated/α-hetero) is 1. The van der Waals surface area contributed by atoms with E-state index in [1.54, 1.807) is 30.2 Å². The van der Waals surface area contributed by atoms with E-state index < -0.39 is 0 Å². The minimum absolute atomic E-state index is 0.0724. The number of carbonyl (C=O) groups excluding carboxylic acids is 2. The summed E-state index contributed by atoms with van der Waals surface area (Å²) in [6, 6.07) is 7.69. The number of aromatic hydroxyl groups is 2. The fourth-order valence-corrected chi connectivity index (χ4v) is 5.30. The Labute approximate surface area is 216 Å². The molecule has 0 bridgehead atoms. The SMILES string of the molecule is Cc1nc2c3c(cc(O)c2o1)N(C(=O)C1=CN2C=C(CC(=O)c4ccc(O)cc4)C=CC2N1)CC3CCl. The summed E-state index contributed by atoms with van der Waals surface area (Å²) in [4.78, 5) is 34.2. The first-order valence-corrected chi connectivity index (χ1v) is 12.3. The zero-order valence-electron chi connectivity index (χ0n) is 19.8. The van der Waals surface area contributed by atoms with Gasteiger partial charge in [0.1, 0.15) is 23.1 Å². The predicted molar refractivity (Wildman–Crippen MR) is 137 cm³/mol. The number of carbonyl (C=O) groups is 2. The number of anilines is 1. The van der Waals surface area contributed by atoms with Gasteiger partial charge in [0.2, 0.25) is 0 Å². The van der Waals surface area contributed by atoms with Crippen molar-refractivity contribution in [1.29, 1.82) is 0 Å². The molecule has 2 unspecified atom stereocenters. The Morgan fingerprint density at radius 2 is 2.00 bits per heavy atom. The number of benzene rings is 2. The van der Waals surface area contributed by atoms with Gasteiger partial charge in [-0.25, -0.2) is 4.98 Å². The lowest BCUT2D eigenvalue weighted by molar-refractivity contribution is -0.115. The second kappa shape index (κ2) is 8.70. The van der Waals surface area contributed by atoms with Crippen LogP contribution in [0.25, 0.3) is 11.1 Å². The van der Waals surface area contributed by atoms with Gasteiger partial charge < -0.3 is 29.7 Å². The van der Waals surface area contributed by atoms with Crippen molar-refractivity contribution in [2.45, 2.75) is 25.4 Å². The molecular formula is C27H23ClN4O5. The Balaban J connectivity index is 1.25. The van der Waals surface area contributed by atoms with Crippen molar-refractivity contribution in [2.24, 2.45) is 0 Å². The number of nitrogens with zero attached hydrogens (tertiary/aromatic N) is 3. The van der Waals surface area contributed by atoms with Crippen LogP contribution < -0.4 is 10.2 Å². The maximum Gasteiger partial charge on any atom is 0.275 e. The van der Waals surface area contributed by atoms with Gasteiger partial charge in [-0.1, -0.05) is 6.08 Å². The number of hydrogen-bond acceptors (Lipinski definition) is 8. The van der Waals surface area contributed by atoms with Gasteiger partial charge in [-0.2, -0.15) is 0 Å². The normalized spacial score (nSPS) is 19.9. The summed E-state index contributed by atoms with van der Waals surface area (Å²) in [5.41, 5.74) is 3.86. The number of oxazole rings is 1. The van der Waals surface area contributed by atoms with Crippen LogP contribution in [-0.4, -0.2) is 50.4 Å². The molecule has 2 atom stereocenters. The monoisotopic (exact) mass is 518 g/mol. The van der Waals surface area contributed by atoms with Crippen molar-refractivity contribution >= 4 is 40.1 Å². The summed E-state index contributed by atoms with van der Waals surface area (Å²) in [5.74, 6) is 0.246. The van der Waals surface area contributed by atoms with E-state index in [0.717, 1.165) is 11.1 Å². The minimum atomic E-state index is -0.259. The number of aromatic nitrogens is 1. The van der Waals surface area contributed by atoms with Crippen LogP contribution in [-0.2, 0) is 4.79 Å². The molecule has 0 aliphatic carbocycles. The molecule has 37 heavy (non-hydrogen) atoms. The Bertz CT molecular complexity index is 1540. The summed E-state index contributed by atoms with van der Waals surface area (Å²) in [6.45, 7) is 2.06. The van der Waals surface area contributed by atoms with E-state index in [0.29, 0.717) is 40.5 Å². The molecule has 3 aliphatic heterocycles. The van der Waals surface area contributed by atoms with E-state index in [-0.39, 0.29) is 47.6 Å². The van der Waals surface area contributed by atoms with Gasteiger partial charge in [-0.05, 0) is 35.9 Å². The van der Waals surface area contributed by atoms with Crippen LogP contribution in [0.3, 0.4) is 0 Å². The number of ketones is 1. The molecular weight excluding hydrogens is 496 g/mol. The number of phenolic OH excluding ortho intramolecular Hbond substituents is 2. The first-order valence-electron chi connectivity index (χ1n) is 11.8. The second-order valence-corrected chi connectivity index (χ2v) is 9.60. The fourth-order valence-electron chi connectivity index (χ4n) is 5.05. The molecule has 0 fully saturated rings. The highest BCUT2D eigenvalue weighted by Crippen LogP contribution is 2.45. The average Bonchev–Trinajstić information content (AvgIpc) is 3.58. The number of fused-ring (bicyclic) bond motifs is 4. The smallest absolute Gasteiger partial charge is 0.275 e. The molecule has 1 aromatic heterocycles. The average molecular weight is 519 g/mol. The Morgan fingerprint density at radius 3 is 2.76 bits per heavy atom. The van der Waals surface area contributed by atoms with E-state index in [1.807, 2.05) is 23.3 Å². The van der Waals surface area contributed by atoms with Gasteiger partial charge in [0.15, 0.2) is 23.0 Å². The second-order valence-electron chi connectivity index (χ2n) is 9.30. The number of rotatable bonds is 5. The Hall–Kier alpha value is -4.24. The largest absolute Gasteiger partial charge is 0.508 e. The molecule has 2 aromatic carbocycles. The highest BCUT2D eigenvalue weighted by Gasteiger charge is 2.39. The topological polar surface area (TPSA) is 119 Å². The first-order chi connectivity index (χ1) is 17.8. The van der Waals surface area contributed by atoms with Gasteiger partial charge in [0.05, 0.1) is 5.69 Å². The lowest BCUT2D eigenvalue weighted by Gasteiger charge is -2.24. The van der Waals surface area contributed by atoms with Crippen LogP contribution >= 0.6 is 11.6 Å². The van der Waals surface area contributed by atoms with Crippen LogP contribution in [0.4, 0.5) is 5.69 Å². The minimum Gasteiger partial charge on any atom is -0.508 e. The third kappa shape index (κ3) is 3.92. The van der Waals surface area contributed by atoms with E-state index in [4.69, 9.17) is 16.0 Å². The standard InChI is InChI=1S/C27H23ClN4O5/c1-14-29-25-24-17(10-28)12-32(20(24)9-22(35)26(25)37-14)27(36)19-13-31-11-15(2-7-23(31)30-19)8-21(34)16-3-5-18(33)6-4-16/h2-7,9,11,13,17,23,30,33,35H,8,10,12H2,1H3. The van der Waals surface area contributed by atoms with Crippen molar-refractivity contribution < 1.29 is 24.2 Å². The Kier molecular flexibility index (Phi) is 5.45. The zero-order valence-corrected chi connectivity index (χ0v) is 20.6. The molecule has 0 saturated heterocycles. The van der Waals surface area contributed by atoms with Gasteiger partial charge in [-0.15, -0.1) is 11.6 Å². The summed E-state index contributed by atoms with van der Waals surface area (Å²) in [6.07, 6.45) is 7.24. The number of nitrogens with one attached hydrogen (secondary N) is 1. The summed E-state index contributed by atoms with van der Waals surface area (Å²) >= 11 is 6.27. The number of allylic oxidation sites excluding steroid dienone is 2. The third-order valence-corrected chi connectivity index (χ3v) is 7.17. The van der Waals surface area contributed by atoms with Gasteiger partial charge >= 0.3 is 0 Å². The number of phenols is 2. The van der Waals surface area contributed by atoms with Crippen molar-refractivity contribution in [3.8, 4) is 11.5 Å². The van der Waals surface area contributed by atoms with Crippen LogP contribution in [0.5, 0.6) is 11.5 Å². The summed E-state index contributed by atoms with van der Waals surface area (Å²) in [7, 11) is 0. The molecule has 3 N–H and O–H groups in total. The lowest BCUT2D eigenvalue weighted by atomic mass is 10.0. The van der Waals surface area contributed by atoms with E-state index in [1.165, 1.54) is 18.2 Å². The van der Waals surface area contributed by atoms with Crippen molar-refractivity contribution in [2.75, 3.05) is 17.3 Å². The molecule has 3 aliphatic rings. The molecule has 3 aromatic rings. The third-order valence-electron chi connectivity index (χ3n) is 6.80. The van der Waals surface area contributed by atoms with Crippen LogP contribution in [0.1, 0.15) is 34.2 Å². The van der Waals surface area contributed by atoms with Crippen molar-refractivity contribution in [3.63, 3.8) is 0 Å². The quantitative estimate of drug-likeness (QED) is 0.342. The number of hydrogen-bond donors (Lipinski definition) is 3. The maximum absolute atomic E-state index is 13.6. The zero-order chi connectivity index (χ0) is 25.8. The van der Waals surface area contributed by atoms with E-state index >= 15 is 0 Å². The molecule has 6 rings (SSSR count). The van der Waals surface area contributed by atoms with Crippen molar-refractivity contribution in [3.05, 3.63) is 83.2 Å². The first kappa shape index (κ1) is 23.2. The fraction of sp³-hybridized carbons (Fsp3) is 0.222. The molecule has 4 heterocycles. The van der Waals surface area contributed by atoms with Crippen LogP contribution in [0, 0.1) is 6.92 Å². The number of halogens is 1. The predicted octanol–water partition coefficient (Wildman–Crippen LogP) is 4.02.